The lowest BCUT2D eigenvalue weighted by atomic mass is 10.3. The number of hydrogen-bond acceptors (Lipinski definition) is 5. The Kier molecular flexibility index (Phi) is 3.32. The fourth-order valence-corrected chi connectivity index (χ4v) is 1.35. The van der Waals surface area contributed by atoms with Gasteiger partial charge in [0.15, 0.2) is 11.5 Å². The molecular formula is C11H8F3NO4. The SMILES string of the molecule is CCOC(=O)c1oc(-c2ccco2)nc1C(F)(F)F. The normalized spacial score (nSPS) is 11.6. The number of oxazole rings is 1. The summed E-state index contributed by atoms with van der Waals surface area (Å²) in [5.41, 5.74) is -1.43. The summed E-state index contributed by atoms with van der Waals surface area (Å²) in [7, 11) is 0. The number of furan rings is 1. The number of hydrogen-bond donors (Lipinski definition) is 0. The van der Waals surface area contributed by atoms with Crippen LogP contribution < -0.4 is 0 Å². The van der Waals surface area contributed by atoms with E-state index in [1.54, 1.807) is 0 Å². The van der Waals surface area contributed by atoms with E-state index in [4.69, 9.17) is 8.83 Å². The number of nitrogens with zero attached hydrogens (tertiary/aromatic N) is 1. The van der Waals surface area contributed by atoms with Gasteiger partial charge >= 0.3 is 12.1 Å². The Morgan fingerprint density at radius 2 is 2.21 bits per heavy atom. The van der Waals surface area contributed by atoms with E-state index in [1.165, 1.54) is 25.3 Å². The molecule has 0 bridgehead atoms. The third kappa shape index (κ3) is 2.61. The Labute approximate surface area is 105 Å². The Hall–Kier alpha value is -2.25. The summed E-state index contributed by atoms with van der Waals surface area (Å²) in [6.45, 7) is 1.39. The van der Waals surface area contributed by atoms with Crippen molar-refractivity contribution in [2.24, 2.45) is 0 Å². The minimum absolute atomic E-state index is 0.0129. The van der Waals surface area contributed by atoms with Gasteiger partial charge in [-0.05, 0) is 19.1 Å². The van der Waals surface area contributed by atoms with Gasteiger partial charge in [-0.25, -0.2) is 9.78 Å². The maximum absolute atomic E-state index is 12.7. The van der Waals surface area contributed by atoms with Crippen molar-refractivity contribution in [3.05, 3.63) is 29.9 Å². The van der Waals surface area contributed by atoms with Crippen LogP contribution in [0.2, 0.25) is 0 Å². The highest BCUT2D eigenvalue weighted by Crippen LogP contribution is 2.34. The second kappa shape index (κ2) is 4.79. The molecule has 2 heterocycles. The zero-order valence-electron chi connectivity index (χ0n) is 9.65. The van der Waals surface area contributed by atoms with E-state index in [-0.39, 0.29) is 12.4 Å². The largest absolute Gasteiger partial charge is 0.460 e. The highest BCUT2D eigenvalue weighted by Gasteiger charge is 2.42. The Balaban J connectivity index is 2.49. The molecule has 2 aromatic rings. The molecule has 0 fully saturated rings. The number of esters is 1. The fourth-order valence-electron chi connectivity index (χ4n) is 1.35. The predicted molar refractivity (Wildman–Crippen MR) is 55.2 cm³/mol. The van der Waals surface area contributed by atoms with Crippen LogP contribution >= 0.6 is 0 Å². The van der Waals surface area contributed by atoms with Crippen LogP contribution in [0.3, 0.4) is 0 Å². The van der Waals surface area contributed by atoms with E-state index in [1.807, 2.05) is 0 Å². The molecule has 2 rings (SSSR count). The zero-order valence-corrected chi connectivity index (χ0v) is 9.65. The standard InChI is InChI=1S/C11H8F3NO4/c1-2-17-10(16)7-8(11(12,13)14)15-9(19-7)6-4-3-5-18-6/h3-5H,2H2,1H3. The van der Waals surface area contributed by atoms with Crippen molar-refractivity contribution in [3.63, 3.8) is 0 Å². The van der Waals surface area contributed by atoms with Crippen LogP contribution in [0.4, 0.5) is 13.2 Å². The van der Waals surface area contributed by atoms with Crippen LogP contribution in [-0.4, -0.2) is 17.6 Å². The van der Waals surface area contributed by atoms with Crippen molar-refractivity contribution in [3.8, 4) is 11.7 Å². The highest BCUT2D eigenvalue weighted by molar-refractivity contribution is 5.88. The van der Waals surface area contributed by atoms with E-state index in [0.717, 1.165) is 0 Å². The average Bonchev–Trinajstić information content (AvgIpc) is 2.97. The number of rotatable bonds is 3. The van der Waals surface area contributed by atoms with Crippen molar-refractivity contribution >= 4 is 5.97 Å². The zero-order chi connectivity index (χ0) is 14.0. The molecule has 0 spiro atoms. The van der Waals surface area contributed by atoms with Gasteiger partial charge in [-0.2, -0.15) is 13.2 Å². The molecule has 0 aromatic carbocycles. The van der Waals surface area contributed by atoms with Gasteiger partial charge in [0.1, 0.15) is 0 Å². The maximum atomic E-state index is 12.7. The molecule has 8 heteroatoms. The maximum Gasteiger partial charge on any atom is 0.437 e. The molecular weight excluding hydrogens is 267 g/mol. The second-order valence-electron chi connectivity index (χ2n) is 3.39. The molecule has 2 aromatic heterocycles. The molecule has 102 valence electrons. The fraction of sp³-hybridized carbons (Fsp3) is 0.273. The molecule has 19 heavy (non-hydrogen) atoms. The molecule has 5 nitrogen and oxygen atoms in total. The minimum atomic E-state index is -4.82. The van der Waals surface area contributed by atoms with Gasteiger partial charge in [0.05, 0.1) is 12.9 Å². The summed E-state index contributed by atoms with van der Waals surface area (Å²) < 4.78 is 52.4. The van der Waals surface area contributed by atoms with E-state index in [0.29, 0.717) is 0 Å². The van der Waals surface area contributed by atoms with Crippen molar-refractivity contribution < 1.29 is 31.5 Å². The first kappa shape index (κ1) is 13.2. The summed E-state index contributed by atoms with van der Waals surface area (Å²) in [5, 5.41) is 0. The number of aromatic nitrogens is 1. The smallest absolute Gasteiger partial charge is 0.437 e. The van der Waals surface area contributed by atoms with Crippen LogP contribution in [-0.2, 0) is 10.9 Å². The van der Waals surface area contributed by atoms with Gasteiger partial charge in [-0.3, -0.25) is 0 Å². The van der Waals surface area contributed by atoms with Crippen LogP contribution in [0, 0.1) is 0 Å². The molecule has 0 N–H and O–H groups in total. The first-order valence-corrected chi connectivity index (χ1v) is 5.22. The lowest BCUT2D eigenvalue weighted by molar-refractivity contribution is -0.141. The van der Waals surface area contributed by atoms with Crippen molar-refractivity contribution in [1.82, 2.24) is 4.98 Å². The molecule has 0 radical (unpaired) electrons. The van der Waals surface area contributed by atoms with Gasteiger partial charge in [0.2, 0.25) is 5.76 Å². The van der Waals surface area contributed by atoms with Gasteiger partial charge < -0.3 is 13.6 Å². The summed E-state index contributed by atoms with van der Waals surface area (Å²) >= 11 is 0. The average molecular weight is 275 g/mol. The topological polar surface area (TPSA) is 65.5 Å². The number of ether oxygens (including phenoxy) is 1. The van der Waals surface area contributed by atoms with Gasteiger partial charge in [-0.1, -0.05) is 0 Å². The predicted octanol–water partition coefficient (Wildman–Crippen LogP) is 3.13. The van der Waals surface area contributed by atoms with Crippen LogP contribution in [0.15, 0.2) is 27.2 Å². The van der Waals surface area contributed by atoms with Gasteiger partial charge in [0.25, 0.3) is 5.89 Å². The summed E-state index contributed by atoms with van der Waals surface area (Å²) in [5.74, 6) is -2.65. The number of carbonyl (C=O) groups is 1. The molecule has 0 aliphatic heterocycles. The Morgan fingerprint density at radius 1 is 1.47 bits per heavy atom. The lowest BCUT2D eigenvalue weighted by Gasteiger charge is -2.03. The van der Waals surface area contributed by atoms with Crippen LogP contribution in [0.25, 0.3) is 11.7 Å². The Bertz CT molecular complexity index is 571. The van der Waals surface area contributed by atoms with Crippen molar-refractivity contribution in [2.75, 3.05) is 6.61 Å². The van der Waals surface area contributed by atoms with Crippen LogP contribution in [0.1, 0.15) is 23.2 Å². The molecule has 0 amide bonds. The summed E-state index contributed by atoms with van der Waals surface area (Å²) in [4.78, 5) is 14.6. The third-order valence-electron chi connectivity index (χ3n) is 2.09. The minimum Gasteiger partial charge on any atom is -0.460 e. The Morgan fingerprint density at radius 3 is 2.74 bits per heavy atom. The van der Waals surface area contributed by atoms with E-state index >= 15 is 0 Å². The van der Waals surface area contributed by atoms with Gasteiger partial charge in [0, 0.05) is 0 Å². The molecule has 0 aliphatic rings. The lowest BCUT2D eigenvalue weighted by Crippen LogP contribution is -2.14. The first-order valence-electron chi connectivity index (χ1n) is 5.22. The molecule has 0 aliphatic carbocycles. The van der Waals surface area contributed by atoms with Crippen molar-refractivity contribution in [1.29, 1.82) is 0 Å². The number of carbonyl (C=O) groups excluding carboxylic acids is 1. The molecule has 0 unspecified atom stereocenters. The summed E-state index contributed by atoms with van der Waals surface area (Å²) in [6, 6.07) is 2.82. The highest BCUT2D eigenvalue weighted by atomic mass is 19.4. The number of halogens is 3. The first-order chi connectivity index (χ1) is 8.93. The molecule has 0 saturated heterocycles. The van der Waals surface area contributed by atoms with E-state index in [9.17, 15) is 18.0 Å². The van der Waals surface area contributed by atoms with Gasteiger partial charge in [-0.15, -0.1) is 0 Å². The quantitative estimate of drug-likeness (QED) is 0.805. The van der Waals surface area contributed by atoms with Crippen LogP contribution in [0.5, 0.6) is 0 Å². The second-order valence-corrected chi connectivity index (χ2v) is 3.39. The molecule has 0 atom stereocenters. The van der Waals surface area contributed by atoms with E-state index < -0.39 is 29.5 Å². The number of alkyl halides is 3. The third-order valence-corrected chi connectivity index (χ3v) is 2.09. The monoisotopic (exact) mass is 275 g/mol. The summed E-state index contributed by atoms with van der Waals surface area (Å²) in [6.07, 6.45) is -3.58. The van der Waals surface area contributed by atoms with E-state index in [2.05, 4.69) is 9.72 Å². The molecule has 0 saturated carbocycles. The van der Waals surface area contributed by atoms with Crippen molar-refractivity contribution in [2.45, 2.75) is 13.1 Å².